The van der Waals surface area contributed by atoms with Crippen LogP contribution in [0.25, 0.3) is 0 Å². The van der Waals surface area contributed by atoms with Crippen LogP contribution < -0.4 is 5.32 Å². The third kappa shape index (κ3) is 2.64. The Bertz CT molecular complexity index is 578. The number of nitrogens with zero attached hydrogens (tertiary/aromatic N) is 1. The fourth-order valence-corrected chi connectivity index (χ4v) is 4.36. The molecule has 3 rings (SSSR count). The summed E-state index contributed by atoms with van der Waals surface area (Å²) < 4.78 is 12.8. The molecule has 2 fully saturated rings. The number of thioether (sulfide) groups is 1. The topological polar surface area (TPSA) is 49.4 Å². The van der Waals surface area contributed by atoms with E-state index in [1.54, 1.807) is 28.8 Å². The first-order valence-electron chi connectivity index (χ1n) is 6.98. The summed E-state index contributed by atoms with van der Waals surface area (Å²) in [6, 6.07) is 5.63. The van der Waals surface area contributed by atoms with Crippen LogP contribution in [0.2, 0.25) is 0 Å². The Labute approximate surface area is 127 Å². The van der Waals surface area contributed by atoms with Gasteiger partial charge in [0.1, 0.15) is 11.9 Å². The van der Waals surface area contributed by atoms with E-state index < -0.39 is 6.04 Å². The molecule has 2 aliphatic rings. The molecule has 1 aromatic rings. The van der Waals surface area contributed by atoms with Gasteiger partial charge in [-0.25, -0.2) is 4.39 Å². The molecule has 0 saturated carbocycles. The van der Waals surface area contributed by atoms with Gasteiger partial charge in [-0.1, -0.05) is 12.1 Å². The van der Waals surface area contributed by atoms with Crippen LogP contribution in [0.4, 0.5) is 4.39 Å². The van der Waals surface area contributed by atoms with Gasteiger partial charge in [-0.05, 0) is 31.0 Å². The van der Waals surface area contributed by atoms with Gasteiger partial charge in [0.2, 0.25) is 11.8 Å². The fraction of sp³-hybridized carbons (Fsp3) is 0.467. The molecule has 21 heavy (non-hydrogen) atoms. The summed E-state index contributed by atoms with van der Waals surface area (Å²) in [7, 11) is 0. The maximum atomic E-state index is 12.8. The van der Waals surface area contributed by atoms with Gasteiger partial charge < -0.3 is 10.2 Å². The molecule has 2 heterocycles. The van der Waals surface area contributed by atoms with Crippen LogP contribution in [-0.2, 0) is 16.1 Å². The molecule has 4 nitrogen and oxygen atoms in total. The maximum Gasteiger partial charge on any atom is 0.243 e. The van der Waals surface area contributed by atoms with Gasteiger partial charge in [0.25, 0.3) is 0 Å². The second kappa shape index (κ2) is 5.33. The highest BCUT2D eigenvalue weighted by Crippen LogP contribution is 2.47. The van der Waals surface area contributed by atoms with Crippen molar-refractivity contribution >= 4 is 23.6 Å². The Hall–Kier alpha value is -1.56. The molecule has 1 N–H and O–H groups in total. The van der Waals surface area contributed by atoms with E-state index in [1.807, 2.05) is 6.92 Å². The summed E-state index contributed by atoms with van der Waals surface area (Å²) >= 11 is 1.67. The summed E-state index contributed by atoms with van der Waals surface area (Å²) in [5, 5.41) is 2.84. The van der Waals surface area contributed by atoms with Gasteiger partial charge in [0.15, 0.2) is 0 Å². The number of benzene rings is 1. The van der Waals surface area contributed by atoms with Crippen LogP contribution >= 0.6 is 11.8 Å². The average molecular weight is 308 g/mol. The summed E-state index contributed by atoms with van der Waals surface area (Å²) in [6.45, 7) is 2.37. The molecule has 2 atom stereocenters. The van der Waals surface area contributed by atoms with Crippen molar-refractivity contribution in [2.45, 2.75) is 37.2 Å². The minimum absolute atomic E-state index is 0.0597. The lowest BCUT2D eigenvalue weighted by Crippen LogP contribution is -2.49. The second-order valence-electron chi connectivity index (χ2n) is 5.61. The van der Waals surface area contributed by atoms with E-state index in [0.717, 1.165) is 12.0 Å². The molecule has 0 aliphatic carbocycles. The number of carbonyl (C=O) groups excluding carboxylic acids is 2. The number of fused-ring (bicyclic) bond motifs is 1. The van der Waals surface area contributed by atoms with Crippen molar-refractivity contribution in [3.63, 3.8) is 0 Å². The Balaban J connectivity index is 1.63. The zero-order chi connectivity index (χ0) is 15.0. The van der Waals surface area contributed by atoms with Gasteiger partial charge >= 0.3 is 0 Å². The monoisotopic (exact) mass is 308 g/mol. The zero-order valence-corrected chi connectivity index (χ0v) is 12.6. The molecule has 0 radical (unpaired) electrons. The SMILES string of the molecule is C[C@]12CCC(=O)N1[C@H](C(=O)NCc1ccc(F)cc1)CS2. The first-order chi connectivity index (χ1) is 9.99. The molecule has 0 spiro atoms. The van der Waals surface area contributed by atoms with Crippen molar-refractivity contribution in [1.29, 1.82) is 0 Å². The molecule has 1 aromatic carbocycles. The molecular formula is C15H17FN2O2S. The van der Waals surface area contributed by atoms with E-state index in [9.17, 15) is 14.0 Å². The van der Waals surface area contributed by atoms with Gasteiger partial charge in [0.05, 0.1) is 4.87 Å². The van der Waals surface area contributed by atoms with Crippen LogP contribution in [-0.4, -0.2) is 33.4 Å². The number of halogens is 1. The molecule has 112 valence electrons. The predicted octanol–water partition coefficient (Wildman–Crippen LogP) is 1.90. The summed E-state index contributed by atoms with van der Waals surface area (Å²) in [5.74, 6) is 0.267. The Kier molecular flexibility index (Phi) is 3.65. The summed E-state index contributed by atoms with van der Waals surface area (Å²) in [4.78, 5) is 25.8. The zero-order valence-electron chi connectivity index (χ0n) is 11.8. The number of hydrogen-bond donors (Lipinski definition) is 1. The number of nitrogens with one attached hydrogen (secondary N) is 1. The van der Waals surface area contributed by atoms with Crippen molar-refractivity contribution in [3.05, 3.63) is 35.6 Å². The highest BCUT2D eigenvalue weighted by molar-refractivity contribution is 8.01. The molecule has 2 aliphatic heterocycles. The second-order valence-corrected chi connectivity index (χ2v) is 7.11. The van der Waals surface area contributed by atoms with Crippen LogP contribution in [0.5, 0.6) is 0 Å². The lowest BCUT2D eigenvalue weighted by Gasteiger charge is -2.29. The predicted molar refractivity (Wildman–Crippen MR) is 79.0 cm³/mol. The van der Waals surface area contributed by atoms with Crippen LogP contribution in [0, 0.1) is 5.82 Å². The van der Waals surface area contributed by atoms with Crippen molar-refractivity contribution < 1.29 is 14.0 Å². The highest BCUT2D eigenvalue weighted by atomic mass is 32.2. The third-order valence-corrected chi connectivity index (χ3v) is 5.63. The fourth-order valence-electron chi connectivity index (χ4n) is 2.92. The third-order valence-electron chi connectivity index (χ3n) is 4.13. The molecule has 2 saturated heterocycles. The van der Waals surface area contributed by atoms with Crippen molar-refractivity contribution in [3.8, 4) is 0 Å². The van der Waals surface area contributed by atoms with Crippen LogP contribution in [0.3, 0.4) is 0 Å². The first-order valence-corrected chi connectivity index (χ1v) is 7.96. The minimum atomic E-state index is -0.393. The molecular weight excluding hydrogens is 291 g/mol. The van der Waals surface area contributed by atoms with Crippen molar-refractivity contribution in [1.82, 2.24) is 10.2 Å². The lowest BCUT2D eigenvalue weighted by atomic mass is 10.2. The molecule has 0 bridgehead atoms. The van der Waals surface area contributed by atoms with Gasteiger partial charge in [-0.3, -0.25) is 9.59 Å². The van der Waals surface area contributed by atoms with Crippen LogP contribution in [0.15, 0.2) is 24.3 Å². The van der Waals surface area contributed by atoms with Gasteiger partial charge in [-0.15, -0.1) is 11.8 Å². The minimum Gasteiger partial charge on any atom is -0.350 e. The van der Waals surface area contributed by atoms with E-state index in [1.165, 1.54) is 12.1 Å². The van der Waals surface area contributed by atoms with E-state index in [-0.39, 0.29) is 22.5 Å². The largest absolute Gasteiger partial charge is 0.350 e. The highest BCUT2D eigenvalue weighted by Gasteiger charge is 2.52. The Morgan fingerprint density at radius 2 is 2.19 bits per heavy atom. The molecule has 2 amide bonds. The van der Waals surface area contributed by atoms with Gasteiger partial charge in [0, 0.05) is 18.7 Å². The normalized spacial score (nSPS) is 27.8. The van der Waals surface area contributed by atoms with E-state index in [2.05, 4.69) is 5.32 Å². The summed E-state index contributed by atoms with van der Waals surface area (Å²) in [5.41, 5.74) is 0.839. The molecule has 0 aromatic heterocycles. The lowest BCUT2D eigenvalue weighted by molar-refractivity contribution is -0.138. The summed E-state index contributed by atoms with van der Waals surface area (Å²) in [6.07, 6.45) is 1.32. The molecule has 6 heteroatoms. The van der Waals surface area contributed by atoms with E-state index in [0.29, 0.717) is 18.7 Å². The molecule has 0 unspecified atom stereocenters. The smallest absolute Gasteiger partial charge is 0.243 e. The average Bonchev–Trinajstić information content (AvgIpc) is 2.95. The quantitative estimate of drug-likeness (QED) is 0.928. The van der Waals surface area contributed by atoms with Crippen molar-refractivity contribution in [2.75, 3.05) is 5.75 Å². The number of amides is 2. The van der Waals surface area contributed by atoms with Gasteiger partial charge in [-0.2, -0.15) is 0 Å². The number of hydrogen-bond acceptors (Lipinski definition) is 3. The maximum absolute atomic E-state index is 12.8. The Morgan fingerprint density at radius 1 is 1.48 bits per heavy atom. The van der Waals surface area contributed by atoms with Crippen LogP contribution in [0.1, 0.15) is 25.3 Å². The number of rotatable bonds is 3. The number of carbonyl (C=O) groups is 2. The van der Waals surface area contributed by atoms with E-state index >= 15 is 0 Å². The standard InChI is InChI=1S/C15H17FN2O2S/c1-15-7-6-13(19)18(15)12(9-21-15)14(20)17-8-10-2-4-11(16)5-3-10/h2-5,12H,6-9H2,1H3,(H,17,20)/t12-,15-/m0/s1. The van der Waals surface area contributed by atoms with Crippen molar-refractivity contribution in [2.24, 2.45) is 0 Å². The first kappa shape index (κ1) is 14.4. The Morgan fingerprint density at radius 3 is 2.90 bits per heavy atom. The van der Waals surface area contributed by atoms with E-state index in [4.69, 9.17) is 0 Å².